The first-order valence-corrected chi connectivity index (χ1v) is 6.48. The van der Waals surface area contributed by atoms with Gasteiger partial charge in [-0.2, -0.15) is 0 Å². The molecule has 2 heteroatoms. The molecule has 1 heterocycles. The second-order valence-electron chi connectivity index (χ2n) is 4.59. The second-order valence-corrected chi connectivity index (χ2v) is 4.59. The summed E-state index contributed by atoms with van der Waals surface area (Å²) >= 11 is 0. The van der Waals surface area contributed by atoms with Gasteiger partial charge in [-0.15, -0.1) is 0 Å². The smallest absolute Gasteiger partial charge is 0.195 e. The van der Waals surface area contributed by atoms with E-state index in [2.05, 4.69) is 6.92 Å². The van der Waals surface area contributed by atoms with E-state index in [0.29, 0.717) is 0 Å². The van der Waals surface area contributed by atoms with Gasteiger partial charge in [0, 0.05) is 30.1 Å². The van der Waals surface area contributed by atoms with Gasteiger partial charge in [0.05, 0.1) is 0 Å². The molecular formula is C17H15NO. The molecule has 0 atom stereocenters. The van der Waals surface area contributed by atoms with Gasteiger partial charge < -0.3 is 4.57 Å². The Morgan fingerprint density at radius 3 is 2.63 bits per heavy atom. The van der Waals surface area contributed by atoms with Crippen LogP contribution in [0.3, 0.4) is 0 Å². The van der Waals surface area contributed by atoms with Gasteiger partial charge in [0.25, 0.3) is 0 Å². The molecule has 0 aliphatic rings. The molecule has 0 N–H and O–H groups in total. The lowest BCUT2D eigenvalue weighted by molar-refractivity contribution is 0.104. The summed E-state index contributed by atoms with van der Waals surface area (Å²) in [6.07, 6.45) is 3.85. The van der Waals surface area contributed by atoms with E-state index in [0.717, 1.165) is 28.4 Å². The lowest BCUT2D eigenvalue weighted by atomic mass is 9.99. The number of aryl methyl sites for hydroxylation is 1. The number of fused-ring (bicyclic) bond motifs is 1. The van der Waals surface area contributed by atoms with Crippen molar-refractivity contribution in [1.29, 1.82) is 0 Å². The molecule has 3 aromatic rings. The van der Waals surface area contributed by atoms with Crippen LogP contribution < -0.4 is 0 Å². The number of carbonyl (C=O) groups excluding carboxylic acids is 1. The number of aromatic nitrogens is 1. The molecule has 19 heavy (non-hydrogen) atoms. The Bertz CT molecular complexity index is 734. The predicted octanol–water partition coefficient (Wildman–Crippen LogP) is 3.89. The van der Waals surface area contributed by atoms with E-state index >= 15 is 0 Å². The summed E-state index contributed by atoms with van der Waals surface area (Å²) in [6.45, 7) is 2.94. The van der Waals surface area contributed by atoms with Crippen molar-refractivity contribution in [3.63, 3.8) is 0 Å². The molecule has 2 aromatic carbocycles. The van der Waals surface area contributed by atoms with E-state index in [1.54, 1.807) is 0 Å². The average Bonchev–Trinajstić information content (AvgIpc) is 2.95. The maximum absolute atomic E-state index is 12.6. The van der Waals surface area contributed by atoms with Crippen molar-refractivity contribution in [3.05, 3.63) is 72.1 Å². The fourth-order valence-electron chi connectivity index (χ4n) is 2.35. The minimum Gasteiger partial charge on any atom is -0.354 e. The first-order valence-electron chi connectivity index (χ1n) is 6.48. The Morgan fingerprint density at radius 2 is 1.84 bits per heavy atom. The summed E-state index contributed by atoms with van der Waals surface area (Å²) in [5.41, 5.74) is 1.52. The molecule has 0 saturated heterocycles. The lowest BCUT2D eigenvalue weighted by Crippen LogP contribution is -2.01. The van der Waals surface area contributed by atoms with Crippen LogP contribution in [0.4, 0.5) is 0 Å². The van der Waals surface area contributed by atoms with Gasteiger partial charge in [-0.3, -0.25) is 4.79 Å². The fraction of sp³-hybridized carbons (Fsp3) is 0.118. The van der Waals surface area contributed by atoms with Crippen molar-refractivity contribution in [2.75, 3.05) is 0 Å². The molecule has 0 bridgehead atoms. The van der Waals surface area contributed by atoms with Crippen molar-refractivity contribution in [2.24, 2.45) is 0 Å². The monoisotopic (exact) mass is 249 g/mol. The van der Waals surface area contributed by atoms with Gasteiger partial charge in [0.15, 0.2) is 5.78 Å². The molecule has 3 rings (SSSR count). The number of hydrogen-bond acceptors (Lipinski definition) is 1. The van der Waals surface area contributed by atoms with Gasteiger partial charge in [0.2, 0.25) is 0 Å². The van der Waals surface area contributed by atoms with Crippen LogP contribution in [0.25, 0.3) is 10.8 Å². The Hall–Kier alpha value is -2.35. The summed E-state index contributed by atoms with van der Waals surface area (Å²) < 4.78 is 2.01. The molecule has 94 valence electrons. The maximum Gasteiger partial charge on any atom is 0.195 e. The first kappa shape index (κ1) is 11.7. The Labute approximate surface area is 112 Å². The number of carbonyl (C=O) groups is 1. The highest BCUT2D eigenvalue weighted by Crippen LogP contribution is 2.21. The van der Waals surface area contributed by atoms with Crippen LogP contribution in [0.2, 0.25) is 0 Å². The maximum atomic E-state index is 12.6. The summed E-state index contributed by atoms with van der Waals surface area (Å²) in [5, 5.41) is 2.11. The van der Waals surface area contributed by atoms with Crippen LogP contribution in [0.5, 0.6) is 0 Å². The van der Waals surface area contributed by atoms with Crippen LogP contribution in [0, 0.1) is 0 Å². The van der Waals surface area contributed by atoms with Crippen LogP contribution in [0.1, 0.15) is 22.8 Å². The molecular weight excluding hydrogens is 234 g/mol. The van der Waals surface area contributed by atoms with Crippen LogP contribution in [-0.2, 0) is 6.54 Å². The second kappa shape index (κ2) is 4.73. The zero-order valence-corrected chi connectivity index (χ0v) is 10.8. The van der Waals surface area contributed by atoms with Crippen molar-refractivity contribution in [3.8, 4) is 0 Å². The standard InChI is InChI=1S/C17H15NO/c1-2-18-11-10-14(12-18)17(19)16-9-5-7-13-6-3-4-8-15(13)16/h3-12H,2H2,1H3. The van der Waals surface area contributed by atoms with E-state index < -0.39 is 0 Å². The molecule has 2 nitrogen and oxygen atoms in total. The van der Waals surface area contributed by atoms with Gasteiger partial charge in [-0.25, -0.2) is 0 Å². The van der Waals surface area contributed by atoms with Gasteiger partial charge in [-0.05, 0) is 23.8 Å². The Balaban J connectivity index is 2.11. The molecule has 1 aromatic heterocycles. The van der Waals surface area contributed by atoms with Crippen LogP contribution >= 0.6 is 0 Å². The van der Waals surface area contributed by atoms with Gasteiger partial charge in [-0.1, -0.05) is 42.5 Å². The highest BCUT2D eigenvalue weighted by Gasteiger charge is 2.12. The summed E-state index contributed by atoms with van der Waals surface area (Å²) in [5.74, 6) is 0.0870. The molecule has 0 spiro atoms. The van der Waals surface area contributed by atoms with Gasteiger partial charge in [0.1, 0.15) is 0 Å². The quantitative estimate of drug-likeness (QED) is 0.645. The molecule has 0 fully saturated rings. The topological polar surface area (TPSA) is 22.0 Å². The van der Waals surface area contributed by atoms with Gasteiger partial charge >= 0.3 is 0 Å². The lowest BCUT2D eigenvalue weighted by Gasteiger charge is -2.04. The first-order chi connectivity index (χ1) is 9.29. The molecule has 0 radical (unpaired) electrons. The Kier molecular flexibility index (Phi) is 2.92. The molecule has 0 aliphatic carbocycles. The number of nitrogens with zero attached hydrogens (tertiary/aromatic N) is 1. The van der Waals surface area contributed by atoms with E-state index in [9.17, 15) is 4.79 Å². The van der Waals surface area contributed by atoms with E-state index in [1.807, 2.05) is 65.5 Å². The SMILES string of the molecule is CCn1ccc(C(=O)c2cccc3ccccc23)c1. The zero-order valence-electron chi connectivity index (χ0n) is 10.8. The minimum absolute atomic E-state index is 0.0870. The number of hydrogen-bond donors (Lipinski definition) is 0. The highest BCUT2D eigenvalue weighted by molar-refractivity contribution is 6.16. The number of ketones is 1. The number of rotatable bonds is 3. The summed E-state index contributed by atoms with van der Waals surface area (Å²) in [7, 11) is 0. The molecule has 0 amide bonds. The third-order valence-corrected chi connectivity index (χ3v) is 3.41. The number of benzene rings is 2. The average molecular weight is 249 g/mol. The molecule has 0 saturated carbocycles. The zero-order chi connectivity index (χ0) is 13.2. The Morgan fingerprint density at radius 1 is 1.05 bits per heavy atom. The van der Waals surface area contributed by atoms with Crippen molar-refractivity contribution >= 4 is 16.6 Å². The van der Waals surface area contributed by atoms with Crippen LogP contribution in [-0.4, -0.2) is 10.4 Å². The molecule has 0 aliphatic heterocycles. The largest absolute Gasteiger partial charge is 0.354 e. The fourth-order valence-corrected chi connectivity index (χ4v) is 2.35. The third-order valence-electron chi connectivity index (χ3n) is 3.41. The van der Waals surface area contributed by atoms with E-state index in [1.165, 1.54) is 0 Å². The summed E-state index contributed by atoms with van der Waals surface area (Å²) in [4.78, 5) is 12.6. The minimum atomic E-state index is 0.0870. The predicted molar refractivity (Wildman–Crippen MR) is 77.5 cm³/mol. The van der Waals surface area contributed by atoms with E-state index in [4.69, 9.17) is 0 Å². The van der Waals surface area contributed by atoms with Crippen molar-refractivity contribution in [2.45, 2.75) is 13.5 Å². The highest BCUT2D eigenvalue weighted by atomic mass is 16.1. The van der Waals surface area contributed by atoms with Crippen LogP contribution in [0.15, 0.2) is 60.9 Å². The van der Waals surface area contributed by atoms with E-state index in [-0.39, 0.29) is 5.78 Å². The molecule has 0 unspecified atom stereocenters. The van der Waals surface area contributed by atoms with Crippen molar-refractivity contribution in [1.82, 2.24) is 4.57 Å². The van der Waals surface area contributed by atoms with Crippen molar-refractivity contribution < 1.29 is 4.79 Å². The third kappa shape index (κ3) is 2.06. The summed E-state index contributed by atoms with van der Waals surface area (Å²) in [6, 6.07) is 15.7. The normalized spacial score (nSPS) is 10.8.